The van der Waals surface area contributed by atoms with E-state index in [4.69, 9.17) is 32.8 Å². The van der Waals surface area contributed by atoms with Crippen LogP contribution in [0.3, 0.4) is 0 Å². The number of hydrogen-bond donors (Lipinski definition) is 0. The average molecular weight is 386 g/mol. The topological polar surface area (TPSA) is 61.8 Å². The van der Waals surface area contributed by atoms with Crippen LogP contribution in [0.25, 0.3) is 0 Å². The molecule has 0 radical (unpaired) electrons. The highest BCUT2D eigenvalue weighted by molar-refractivity contribution is 7.90. The zero-order valence-corrected chi connectivity index (χ0v) is 14.7. The first-order valence-electron chi connectivity index (χ1n) is 6.14. The fraction of sp³-hybridized carbons (Fsp3) is 0. The Morgan fingerprint density at radius 2 is 1.04 bits per heavy atom. The Hall–Kier alpha value is -1.52. The highest BCUT2D eigenvalue weighted by atomic mass is 32.3. The van der Waals surface area contributed by atoms with Gasteiger partial charge in [-0.2, -0.15) is 8.42 Å². The fourth-order valence-corrected chi connectivity index (χ4v) is 3.07. The largest absolute Gasteiger partial charge is 0.377 e. The van der Waals surface area contributed by atoms with Crippen molar-refractivity contribution in [3.05, 3.63) is 71.8 Å². The summed E-state index contributed by atoms with van der Waals surface area (Å²) in [5.41, 5.74) is 1.09. The van der Waals surface area contributed by atoms with Crippen LogP contribution in [0.5, 0.6) is 0 Å². The summed E-state index contributed by atoms with van der Waals surface area (Å²) in [5.74, 6) is 0. The van der Waals surface area contributed by atoms with Crippen LogP contribution >= 0.6 is 24.4 Å². The molecule has 2 aromatic rings. The molecule has 0 N–H and O–H groups in total. The van der Waals surface area contributed by atoms with E-state index in [2.05, 4.69) is 3.63 Å². The first-order chi connectivity index (χ1) is 11.1. The van der Waals surface area contributed by atoms with Gasteiger partial charge in [-0.1, -0.05) is 60.7 Å². The smallest absolute Gasteiger partial charge is 0.367 e. The summed E-state index contributed by atoms with van der Waals surface area (Å²) in [6.45, 7) is 0. The van der Waals surface area contributed by atoms with E-state index in [9.17, 15) is 8.42 Å². The third-order valence-corrected chi connectivity index (χ3v) is 4.76. The van der Waals surface area contributed by atoms with Crippen LogP contribution in [-0.2, 0) is 34.7 Å². The predicted octanol–water partition coefficient (Wildman–Crippen LogP) is 2.95. The van der Waals surface area contributed by atoms with E-state index in [1.54, 1.807) is 60.7 Å². The summed E-state index contributed by atoms with van der Waals surface area (Å²) in [4.78, 5) is 0. The minimum absolute atomic E-state index is 0.0495. The second-order valence-corrected chi connectivity index (χ2v) is 6.39. The average Bonchev–Trinajstić information content (AvgIpc) is 2.56. The van der Waals surface area contributed by atoms with Gasteiger partial charge in [0.05, 0.1) is 0 Å². The molecule has 0 bridgehead atoms. The minimum atomic E-state index is -2.38. The Bertz CT molecular complexity index is 670. The summed E-state index contributed by atoms with van der Waals surface area (Å²) in [6.07, 6.45) is 0. The molecule has 2 aromatic carbocycles. The van der Waals surface area contributed by atoms with Gasteiger partial charge in [-0.3, -0.25) is 0 Å². The van der Waals surface area contributed by atoms with Crippen molar-refractivity contribution in [1.29, 1.82) is 0 Å². The molecule has 0 amide bonds. The third kappa shape index (κ3) is 5.88. The van der Waals surface area contributed by atoms with E-state index in [-0.39, 0.29) is 10.1 Å². The third-order valence-electron chi connectivity index (χ3n) is 2.42. The maximum atomic E-state index is 11.6. The van der Waals surface area contributed by atoms with Gasteiger partial charge in [-0.05, 0) is 24.4 Å². The van der Waals surface area contributed by atoms with Crippen molar-refractivity contribution in [2.24, 2.45) is 0 Å². The van der Waals surface area contributed by atoms with Crippen LogP contribution in [0.15, 0.2) is 60.7 Å². The zero-order valence-electron chi connectivity index (χ0n) is 11.4. The molecule has 0 atom stereocenters. The van der Waals surface area contributed by atoms with Crippen LogP contribution in [0.4, 0.5) is 0 Å². The van der Waals surface area contributed by atoms with Crippen molar-refractivity contribution >= 4 is 57.3 Å². The van der Waals surface area contributed by atoms with Crippen LogP contribution in [0, 0.1) is 0 Å². The Kier molecular flexibility index (Phi) is 6.93. The van der Waals surface area contributed by atoms with Gasteiger partial charge >= 0.3 is 22.7 Å². The minimum Gasteiger partial charge on any atom is -0.367 e. The predicted molar refractivity (Wildman–Crippen MR) is 95.8 cm³/mol. The van der Waals surface area contributed by atoms with Gasteiger partial charge in [-0.15, -0.1) is 3.63 Å². The molecule has 0 fully saturated rings. The standard InChI is InChI=1S/C14H10O5S4/c15-22(17-13(20)11-7-3-1-4-8-11)19-23(16)18-14(21)12-9-5-2-6-10-12/h1-10H. The van der Waals surface area contributed by atoms with Gasteiger partial charge in [0.2, 0.25) is 10.1 Å². The van der Waals surface area contributed by atoms with Crippen LogP contribution < -0.4 is 0 Å². The lowest BCUT2D eigenvalue weighted by atomic mass is 10.2. The molecule has 0 spiro atoms. The second kappa shape index (κ2) is 8.94. The first kappa shape index (κ1) is 17.8. The van der Waals surface area contributed by atoms with E-state index in [0.717, 1.165) is 0 Å². The summed E-state index contributed by atoms with van der Waals surface area (Å²) in [7, 11) is 0. The Morgan fingerprint density at radius 3 is 1.39 bits per heavy atom. The molecule has 0 saturated carbocycles. The second-order valence-electron chi connectivity index (χ2n) is 3.95. The van der Waals surface area contributed by atoms with Gasteiger partial charge in [0.15, 0.2) is 0 Å². The number of benzene rings is 2. The molecule has 0 aliphatic carbocycles. The van der Waals surface area contributed by atoms with Crippen molar-refractivity contribution < 1.29 is 20.4 Å². The molecule has 0 aliphatic rings. The molecule has 5 nitrogen and oxygen atoms in total. The normalized spacial score (nSPS) is 12.9. The number of hydrogen-bond acceptors (Lipinski definition) is 7. The van der Waals surface area contributed by atoms with Crippen molar-refractivity contribution in [1.82, 2.24) is 0 Å². The Morgan fingerprint density at radius 1 is 0.696 bits per heavy atom. The van der Waals surface area contributed by atoms with Gasteiger partial charge in [-0.25, -0.2) is 0 Å². The van der Waals surface area contributed by atoms with Gasteiger partial charge in [0, 0.05) is 11.1 Å². The summed E-state index contributed by atoms with van der Waals surface area (Å²) in [5, 5.41) is -0.0989. The number of thiocarbonyl (C=S) groups is 2. The molecular formula is C14H10O5S4. The molecular weight excluding hydrogens is 376 g/mol. The highest BCUT2D eigenvalue weighted by Gasteiger charge is 2.16. The number of rotatable bonds is 6. The summed E-state index contributed by atoms with van der Waals surface area (Å²) in [6, 6.07) is 17.3. The van der Waals surface area contributed by atoms with Gasteiger partial charge in [0.1, 0.15) is 0 Å². The van der Waals surface area contributed by atoms with E-state index in [1.807, 2.05) is 0 Å². The molecule has 0 heterocycles. The van der Waals surface area contributed by atoms with Crippen molar-refractivity contribution in [3.63, 3.8) is 0 Å². The molecule has 23 heavy (non-hydrogen) atoms. The van der Waals surface area contributed by atoms with Gasteiger partial charge < -0.3 is 8.37 Å². The van der Waals surface area contributed by atoms with Crippen molar-refractivity contribution in [2.45, 2.75) is 0 Å². The SMILES string of the molecule is O=S(OC(=S)c1ccccc1)OS(=O)OC(=S)c1ccccc1. The maximum absolute atomic E-state index is 11.6. The summed E-state index contributed by atoms with van der Waals surface area (Å²) < 4.78 is 37.5. The fourth-order valence-electron chi connectivity index (χ4n) is 1.44. The van der Waals surface area contributed by atoms with Crippen LogP contribution in [0.1, 0.15) is 11.1 Å². The molecule has 0 saturated heterocycles. The molecule has 9 heteroatoms. The molecule has 0 unspecified atom stereocenters. The van der Waals surface area contributed by atoms with Gasteiger partial charge in [0.25, 0.3) is 0 Å². The van der Waals surface area contributed by atoms with Crippen molar-refractivity contribution in [2.75, 3.05) is 0 Å². The lowest BCUT2D eigenvalue weighted by molar-refractivity contribution is 0.434. The van der Waals surface area contributed by atoms with Crippen LogP contribution in [-0.4, -0.2) is 18.5 Å². The Balaban J connectivity index is 1.84. The van der Waals surface area contributed by atoms with E-state index in [1.165, 1.54) is 0 Å². The van der Waals surface area contributed by atoms with E-state index < -0.39 is 22.7 Å². The van der Waals surface area contributed by atoms with E-state index >= 15 is 0 Å². The first-order valence-corrected chi connectivity index (χ1v) is 8.95. The quantitative estimate of drug-likeness (QED) is 0.707. The van der Waals surface area contributed by atoms with E-state index in [0.29, 0.717) is 11.1 Å². The summed E-state index contributed by atoms with van der Waals surface area (Å²) >= 11 is 5.15. The lowest BCUT2D eigenvalue weighted by Gasteiger charge is -2.06. The monoisotopic (exact) mass is 386 g/mol. The molecule has 120 valence electrons. The van der Waals surface area contributed by atoms with Crippen LogP contribution in [0.2, 0.25) is 0 Å². The lowest BCUT2D eigenvalue weighted by Crippen LogP contribution is -2.14. The van der Waals surface area contributed by atoms with Crippen molar-refractivity contribution in [3.8, 4) is 0 Å². The maximum Gasteiger partial charge on any atom is 0.377 e. The Labute approximate surface area is 149 Å². The highest BCUT2D eigenvalue weighted by Crippen LogP contribution is 2.09. The molecule has 2 rings (SSSR count). The zero-order chi connectivity index (χ0) is 16.7. The molecule has 0 aliphatic heterocycles. The molecule has 0 aromatic heterocycles.